The highest BCUT2D eigenvalue weighted by atomic mass is 16.3. The minimum Gasteiger partial charge on any atom is -0.455 e. The van der Waals surface area contributed by atoms with Gasteiger partial charge in [0.1, 0.15) is 11.2 Å². The predicted octanol–water partition coefficient (Wildman–Crippen LogP) is 8.69. The van der Waals surface area contributed by atoms with Crippen molar-refractivity contribution in [3.05, 3.63) is 151 Å². The number of benzene rings is 7. The molecule has 0 saturated carbocycles. The summed E-state index contributed by atoms with van der Waals surface area (Å²) in [5.41, 5.74) is 10.8. The molecule has 0 atom stereocenters. The van der Waals surface area contributed by atoms with E-state index in [1.807, 2.05) is 6.07 Å². The topological polar surface area (TPSA) is 13.1 Å². The molecule has 1 nitrogen and oxygen atoms in total. The average Bonchev–Trinajstić information content (AvgIpc) is 3.42. The molecule has 0 radical (unpaired) electrons. The Labute approximate surface area is 246 Å². The van der Waals surface area contributed by atoms with Crippen molar-refractivity contribution in [2.45, 2.75) is 13.8 Å². The van der Waals surface area contributed by atoms with Gasteiger partial charge in [0.2, 0.25) is 6.71 Å². The first-order chi connectivity index (χ1) is 20.7. The van der Waals surface area contributed by atoms with Crippen LogP contribution < -0.4 is 16.4 Å². The van der Waals surface area contributed by atoms with Gasteiger partial charge in [-0.25, -0.2) is 0 Å². The van der Waals surface area contributed by atoms with Crippen molar-refractivity contribution in [1.82, 2.24) is 0 Å². The Hall–Kier alpha value is -5.08. The summed E-state index contributed by atoms with van der Waals surface area (Å²) in [6.07, 6.45) is 0. The highest BCUT2D eigenvalue weighted by Crippen LogP contribution is 2.35. The number of hydrogen-bond acceptors (Lipinski definition) is 1. The molecule has 0 bridgehead atoms. The molecule has 0 aliphatic heterocycles. The summed E-state index contributed by atoms with van der Waals surface area (Å²) in [5.74, 6) is 0. The number of fused-ring (bicyclic) bond motifs is 5. The van der Waals surface area contributed by atoms with Crippen LogP contribution in [0, 0.1) is 13.8 Å². The fourth-order valence-electron chi connectivity index (χ4n) is 6.91. The van der Waals surface area contributed by atoms with Gasteiger partial charge in [-0.3, -0.25) is 0 Å². The number of rotatable bonds is 4. The number of hydrogen-bond donors (Lipinski definition) is 0. The van der Waals surface area contributed by atoms with Crippen LogP contribution in [0.3, 0.4) is 0 Å². The molecular weight excluding hydrogens is 507 g/mol. The standard InChI is InChI=1S/C40H29BO/c1-26-21-23-28-11-3-5-15-32(28)38(26)41(39-27(2)22-24-29-12-4-6-16-33(29)39)31-14-9-13-30(25-31)34-18-10-19-36-35-17-7-8-20-37(35)42-40(34)36/h3-25H,1-2H3. The Morgan fingerprint density at radius 3 is 1.74 bits per heavy atom. The summed E-state index contributed by atoms with van der Waals surface area (Å²) >= 11 is 0. The Kier molecular flexibility index (Phi) is 5.75. The van der Waals surface area contributed by atoms with Crippen molar-refractivity contribution >= 4 is 66.6 Å². The molecule has 0 spiro atoms. The lowest BCUT2D eigenvalue weighted by molar-refractivity contribution is 0.670. The highest BCUT2D eigenvalue weighted by Gasteiger charge is 2.29. The van der Waals surface area contributed by atoms with E-state index in [4.69, 9.17) is 4.42 Å². The minimum absolute atomic E-state index is 0.0528. The SMILES string of the molecule is Cc1ccc2ccccc2c1B(c1cccc(-c2cccc3c2oc2ccccc23)c1)c1c(C)ccc2ccccc12. The van der Waals surface area contributed by atoms with E-state index in [1.54, 1.807) is 0 Å². The first-order valence-electron chi connectivity index (χ1n) is 14.6. The molecule has 0 aliphatic rings. The summed E-state index contributed by atoms with van der Waals surface area (Å²) < 4.78 is 6.46. The quantitative estimate of drug-likeness (QED) is 0.205. The van der Waals surface area contributed by atoms with Crippen LogP contribution in [0.5, 0.6) is 0 Å². The predicted molar refractivity (Wildman–Crippen MR) is 181 cm³/mol. The van der Waals surface area contributed by atoms with E-state index in [9.17, 15) is 0 Å². The molecule has 1 heterocycles. The molecule has 7 aromatic carbocycles. The molecule has 0 amide bonds. The van der Waals surface area contributed by atoms with Crippen LogP contribution in [0.1, 0.15) is 11.1 Å². The second kappa shape index (κ2) is 9.78. The maximum Gasteiger partial charge on any atom is 0.243 e. The zero-order valence-corrected chi connectivity index (χ0v) is 23.8. The van der Waals surface area contributed by atoms with Gasteiger partial charge in [0.25, 0.3) is 0 Å². The van der Waals surface area contributed by atoms with Crippen molar-refractivity contribution in [3.63, 3.8) is 0 Å². The van der Waals surface area contributed by atoms with E-state index in [0.29, 0.717) is 0 Å². The molecule has 0 aliphatic carbocycles. The lowest BCUT2D eigenvalue weighted by Crippen LogP contribution is -2.54. The molecule has 8 aromatic rings. The Balaban J connectivity index is 1.43. The van der Waals surface area contributed by atoms with E-state index in [2.05, 4.69) is 147 Å². The lowest BCUT2D eigenvalue weighted by Gasteiger charge is -2.24. The van der Waals surface area contributed by atoms with Gasteiger partial charge in [-0.1, -0.05) is 161 Å². The van der Waals surface area contributed by atoms with Gasteiger partial charge in [-0.2, -0.15) is 0 Å². The molecule has 42 heavy (non-hydrogen) atoms. The molecule has 2 heteroatoms. The first kappa shape index (κ1) is 24.7. The minimum atomic E-state index is 0.0528. The first-order valence-corrected chi connectivity index (χ1v) is 14.6. The second-order valence-electron chi connectivity index (χ2n) is 11.4. The maximum absolute atomic E-state index is 6.46. The van der Waals surface area contributed by atoms with Gasteiger partial charge >= 0.3 is 0 Å². The van der Waals surface area contributed by atoms with Crippen LogP contribution in [-0.4, -0.2) is 6.71 Å². The van der Waals surface area contributed by atoms with Gasteiger partial charge in [-0.15, -0.1) is 0 Å². The number of para-hydroxylation sites is 2. The molecule has 1 aromatic heterocycles. The van der Waals surface area contributed by atoms with Crippen LogP contribution in [0.4, 0.5) is 0 Å². The highest BCUT2D eigenvalue weighted by molar-refractivity contribution is 6.98. The van der Waals surface area contributed by atoms with E-state index in [0.717, 1.165) is 33.1 Å². The molecule has 0 saturated heterocycles. The normalized spacial score (nSPS) is 11.6. The summed E-state index contributed by atoms with van der Waals surface area (Å²) in [6, 6.07) is 50.6. The Morgan fingerprint density at radius 1 is 0.476 bits per heavy atom. The van der Waals surface area contributed by atoms with E-state index < -0.39 is 0 Å². The second-order valence-corrected chi connectivity index (χ2v) is 11.4. The van der Waals surface area contributed by atoms with Crippen molar-refractivity contribution in [1.29, 1.82) is 0 Å². The van der Waals surface area contributed by atoms with E-state index in [1.165, 1.54) is 49.1 Å². The number of aryl methyl sites for hydroxylation is 2. The molecule has 8 rings (SSSR count). The van der Waals surface area contributed by atoms with Crippen molar-refractivity contribution in [2.24, 2.45) is 0 Å². The smallest absolute Gasteiger partial charge is 0.243 e. The zero-order valence-electron chi connectivity index (χ0n) is 23.8. The largest absolute Gasteiger partial charge is 0.455 e. The molecule has 0 unspecified atom stereocenters. The van der Waals surface area contributed by atoms with Crippen LogP contribution in [0.25, 0.3) is 54.6 Å². The van der Waals surface area contributed by atoms with Gasteiger partial charge in [0, 0.05) is 16.3 Å². The van der Waals surface area contributed by atoms with Gasteiger partial charge in [0.05, 0.1) is 0 Å². The van der Waals surface area contributed by atoms with E-state index in [-0.39, 0.29) is 6.71 Å². The summed E-state index contributed by atoms with van der Waals surface area (Å²) in [5, 5.41) is 7.45. The average molecular weight is 536 g/mol. The monoisotopic (exact) mass is 536 g/mol. The van der Waals surface area contributed by atoms with Crippen LogP contribution in [-0.2, 0) is 0 Å². The van der Waals surface area contributed by atoms with Gasteiger partial charge < -0.3 is 4.42 Å². The maximum atomic E-state index is 6.46. The van der Waals surface area contributed by atoms with Gasteiger partial charge in [0.15, 0.2) is 0 Å². The van der Waals surface area contributed by atoms with Crippen LogP contribution in [0.15, 0.2) is 144 Å². The Bertz CT molecular complexity index is 2210. The zero-order chi connectivity index (χ0) is 28.2. The van der Waals surface area contributed by atoms with Crippen LogP contribution >= 0.6 is 0 Å². The van der Waals surface area contributed by atoms with Crippen molar-refractivity contribution in [2.75, 3.05) is 0 Å². The van der Waals surface area contributed by atoms with Crippen molar-refractivity contribution in [3.8, 4) is 11.1 Å². The van der Waals surface area contributed by atoms with Gasteiger partial charge in [-0.05, 0) is 47.0 Å². The third kappa shape index (κ3) is 3.87. The molecule has 0 fully saturated rings. The van der Waals surface area contributed by atoms with E-state index >= 15 is 0 Å². The fourth-order valence-corrected chi connectivity index (χ4v) is 6.91. The third-order valence-electron chi connectivity index (χ3n) is 8.89. The fraction of sp³-hybridized carbons (Fsp3) is 0.0500. The third-order valence-corrected chi connectivity index (χ3v) is 8.89. The van der Waals surface area contributed by atoms with Crippen LogP contribution in [0.2, 0.25) is 0 Å². The molecular formula is C40H29BO. The molecule has 0 N–H and O–H groups in total. The van der Waals surface area contributed by atoms with Crippen molar-refractivity contribution < 1.29 is 4.42 Å². The number of furan rings is 1. The summed E-state index contributed by atoms with van der Waals surface area (Å²) in [4.78, 5) is 0. The summed E-state index contributed by atoms with van der Waals surface area (Å²) in [6.45, 7) is 4.57. The summed E-state index contributed by atoms with van der Waals surface area (Å²) in [7, 11) is 0. The lowest BCUT2D eigenvalue weighted by atomic mass is 9.34. The Morgan fingerprint density at radius 2 is 1.05 bits per heavy atom. The molecule has 198 valence electrons.